The standard InChI is InChI=1S/C14H24N2O3S/c1-9-10(2)20-8-7-16(9)14(19)15-12-5-3-11(4-6-12)13(17)18/h9-12H,3-8H2,1-2H3,(H,15,19)(H,17,18). The fourth-order valence-electron chi connectivity index (χ4n) is 2.96. The zero-order valence-corrected chi connectivity index (χ0v) is 13.0. The summed E-state index contributed by atoms with van der Waals surface area (Å²) < 4.78 is 0. The van der Waals surface area contributed by atoms with Crippen molar-refractivity contribution in [3.05, 3.63) is 0 Å². The third-order valence-electron chi connectivity index (χ3n) is 4.55. The summed E-state index contributed by atoms with van der Waals surface area (Å²) in [4.78, 5) is 25.2. The van der Waals surface area contributed by atoms with E-state index in [1.807, 2.05) is 16.7 Å². The summed E-state index contributed by atoms with van der Waals surface area (Å²) in [5.41, 5.74) is 0. The largest absolute Gasteiger partial charge is 0.481 e. The number of rotatable bonds is 2. The van der Waals surface area contributed by atoms with Crippen LogP contribution in [0.3, 0.4) is 0 Å². The zero-order valence-electron chi connectivity index (χ0n) is 12.2. The van der Waals surface area contributed by atoms with E-state index in [1.165, 1.54) is 0 Å². The van der Waals surface area contributed by atoms with Crippen molar-refractivity contribution < 1.29 is 14.7 Å². The van der Waals surface area contributed by atoms with Gasteiger partial charge >= 0.3 is 12.0 Å². The van der Waals surface area contributed by atoms with Gasteiger partial charge in [-0.3, -0.25) is 4.79 Å². The summed E-state index contributed by atoms with van der Waals surface area (Å²) in [6.45, 7) is 5.05. The van der Waals surface area contributed by atoms with Crippen LogP contribution in [0.1, 0.15) is 39.5 Å². The first kappa shape index (κ1) is 15.5. The Morgan fingerprint density at radius 1 is 1.20 bits per heavy atom. The van der Waals surface area contributed by atoms with Crippen LogP contribution in [-0.2, 0) is 4.79 Å². The number of carbonyl (C=O) groups is 2. The normalized spacial score (nSPS) is 34.6. The van der Waals surface area contributed by atoms with Gasteiger partial charge in [-0.25, -0.2) is 4.79 Å². The van der Waals surface area contributed by atoms with Crippen molar-refractivity contribution >= 4 is 23.8 Å². The molecule has 1 saturated heterocycles. The summed E-state index contributed by atoms with van der Waals surface area (Å²) in [5.74, 6) is 0.0591. The molecule has 1 aliphatic carbocycles. The minimum atomic E-state index is -0.703. The van der Waals surface area contributed by atoms with Gasteiger partial charge in [0.05, 0.1) is 5.92 Å². The van der Waals surface area contributed by atoms with Crippen molar-refractivity contribution in [2.75, 3.05) is 12.3 Å². The number of urea groups is 1. The van der Waals surface area contributed by atoms with Crippen LogP contribution >= 0.6 is 11.8 Å². The van der Waals surface area contributed by atoms with Crippen molar-refractivity contribution in [2.24, 2.45) is 5.92 Å². The maximum Gasteiger partial charge on any atom is 0.317 e. The van der Waals surface area contributed by atoms with Crippen LogP contribution in [0.5, 0.6) is 0 Å². The zero-order chi connectivity index (χ0) is 14.7. The second kappa shape index (κ2) is 6.70. The second-order valence-electron chi connectivity index (χ2n) is 5.85. The van der Waals surface area contributed by atoms with Crippen LogP contribution < -0.4 is 5.32 Å². The predicted octanol–water partition coefficient (Wildman–Crippen LogP) is 2.17. The summed E-state index contributed by atoms with van der Waals surface area (Å²) in [6, 6.07) is 0.405. The smallest absolute Gasteiger partial charge is 0.317 e. The number of nitrogens with zero attached hydrogens (tertiary/aromatic N) is 1. The van der Waals surface area contributed by atoms with Crippen LogP contribution in [0.4, 0.5) is 4.79 Å². The molecular formula is C14H24N2O3S. The highest BCUT2D eigenvalue weighted by molar-refractivity contribution is 8.00. The molecule has 2 amide bonds. The fourth-order valence-corrected chi connectivity index (χ4v) is 4.06. The van der Waals surface area contributed by atoms with E-state index in [1.54, 1.807) is 0 Å². The molecule has 2 unspecified atom stereocenters. The number of carboxylic acid groups (broad SMARTS) is 1. The van der Waals surface area contributed by atoms with Gasteiger partial charge in [0, 0.05) is 29.6 Å². The fraction of sp³-hybridized carbons (Fsp3) is 0.857. The Morgan fingerprint density at radius 2 is 1.85 bits per heavy atom. The average molecular weight is 300 g/mol. The number of hydrogen-bond acceptors (Lipinski definition) is 3. The number of thioether (sulfide) groups is 1. The summed E-state index contributed by atoms with van der Waals surface area (Å²) in [5, 5.41) is 12.5. The quantitative estimate of drug-likeness (QED) is 0.820. The molecular weight excluding hydrogens is 276 g/mol. The molecule has 0 radical (unpaired) electrons. The van der Waals surface area contributed by atoms with E-state index in [9.17, 15) is 9.59 Å². The van der Waals surface area contributed by atoms with Gasteiger partial charge in [0.25, 0.3) is 0 Å². The molecule has 114 valence electrons. The van der Waals surface area contributed by atoms with Gasteiger partial charge in [-0.15, -0.1) is 0 Å². The Kier molecular flexibility index (Phi) is 5.18. The molecule has 1 aliphatic heterocycles. The molecule has 0 aromatic heterocycles. The van der Waals surface area contributed by atoms with Crippen molar-refractivity contribution in [1.29, 1.82) is 0 Å². The van der Waals surface area contributed by atoms with Crippen molar-refractivity contribution in [2.45, 2.75) is 56.9 Å². The van der Waals surface area contributed by atoms with Gasteiger partial charge in [0.15, 0.2) is 0 Å². The van der Waals surface area contributed by atoms with Crippen LogP contribution in [0.15, 0.2) is 0 Å². The lowest BCUT2D eigenvalue weighted by molar-refractivity contribution is -0.142. The maximum atomic E-state index is 12.3. The molecule has 6 heteroatoms. The minimum Gasteiger partial charge on any atom is -0.481 e. The molecule has 1 heterocycles. The average Bonchev–Trinajstić information content (AvgIpc) is 2.42. The van der Waals surface area contributed by atoms with Gasteiger partial charge in [0.1, 0.15) is 0 Å². The highest BCUT2D eigenvalue weighted by Crippen LogP contribution is 2.26. The van der Waals surface area contributed by atoms with Crippen LogP contribution in [0.2, 0.25) is 0 Å². The molecule has 0 bridgehead atoms. The third kappa shape index (κ3) is 3.59. The minimum absolute atomic E-state index is 0.0171. The van der Waals surface area contributed by atoms with Gasteiger partial charge in [-0.1, -0.05) is 6.92 Å². The van der Waals surface area contributed by atoms with Crippen molar-refractivity contribution in [3.63, 3.8) is 0 Å². The lowest BCUT2D eigenvalue weighted by Gasteiger charge is -2.38. The first-order valence-corrected chi connectivity index (χ1v) is 8.45. The van der Waals surface area contributed by atoms with E-state index in [-0.39, 0.29) is 24.0 Å². The van der Waals surface area contributed by atoms with Crippen LogP contribution in [-0.4, -0.2) is 51.6 Å². The molecule has 2 aliphatic rings. The Hall–Kier alpha value is -0.910. The first-order valence-electron chi connectivity index (χ1n) is 7.40. The monoisotopic (exact) mass is 300 g/mol. The van der Waals surface area contributed by atoms with Gasteiger partial charge < -0.3 is 15.3 Å². The van der Waals surface area contributed by atoms with E-state index in [0.717, 1.165) is 25.1 Å². The molecule has 5 nitrogen and oxygen atoms in total. The van der Waals surface area contributed by atoms with E-state index >= 15 is 0 Å². The number of aliphatic carboxylic acids is 1. The summed E-state index contributed by atoms with van der Waals surface area (Å²) >= 11 is 1.91. The summed E-state index contributed by atoms with van der Waals surface area (Å²) in [7, 11) is 0. The number of carboxylic acids is 1. The van der Waals surface area contributed by atoms with Gasteiger partial charge in [-0.05, 0) is 32.6 Å². The Labute approximate surface area is 124 Å². The third-order valence-corrected chi connectivity index (χ3v) is 5.89. The molecule has 2 fully saturated rings. The Balaban J connectivity index is 1.82. The topological polar surface area (TPSA) is 69.6 Å². The number of nitrogens with one attached hydrogen (secondary N) is 1. The van der Waals surface area contributed by atoms with Gasteiger partial charge in [0.2, 0.25) is 0 Å². The molecule has 1 saturated carbocycles. The Morgan fingerprint density at radius 3 is 2.45 bits per heavy atom. The predicted molar refractivity (Wildman–Crippen MR) is 80.0 cm³/mol. The molecule has 2 N–H and O–H groups in total. The molecule has 0 aromatic rings. The van der Waals surface area contributed by atoms with Crippen LogP contribution in [0.25, 0.3) is 0 Å². The van der Waals surface area contributed by atoms with Crippen molar-refractivity contribution in [3.8, 4) is 0 Å². The van der Waals surface area contributed by atoms with E-state index < -0.39 is 5.97 Å². The highest BCUT2D eigenvalue weighted by Gasteiger charge is 2.31. The van der Waals surface area contributed by atoms with Crippen LogP contribution in [0, 0.1) is 5.92 Å². The molecule has 20 heavy (non-hydrogen) atoms. The molecule has 0 spiro atoms. The Bertz CT molecular complexity index is 369. The van der Waals surface area contributed by atoms with E-state index in [2.05, 4.69) is 19.2 Å². The van der Waals surface area contributed by atoms with E-state index in [0.29, 0.717) is 18.1 Å². The van der Waals surface area contributed by atoms with Crippen molar-refractivity contribution in [1.82, 2.24) is 10.2 Å². The lowest BCUT2D eigenvalue weighted by atomic mass is 9.86. The lowest BCUT2D eigenvalue weighted by Crippen LogP contribution is -2.54. The van der Waals surface area contributed by atoms with E-state index in [4.69, 9.17) is 5.11 Å². The highest BCUT2D eigenvalue weighted by atomic mass is 32.2. The number of carbonyl (C=O) groups excluding carboxylic acids is 1. The first-order chi connectivity index (χ1) is 9.49. The second-order valence-corrected chi connectivity index (χ2v) is 7.33. The number of amides is 2. The SMILES string of the molecule is CC1SCCN(C(=O)NC2CCC(C(=O)O)CC2)C1C. The number of hydrogen-bond donors (Lipinski definition) is 2. The molecule has 2 rings (SSSR count). The van der Waals surface area contributed by atoms with Gasteiger partial charge in [-0.2, -0.15) is 11.8 Å². The summed E-state index contributed by atoms with van der Waals surface area (Å²) in [6.07, 6.45) is 2.88. The molecule has 2 atom stereocenters. The maximum absolute atomic E-state index is 12.3. The molecule has 0 aromatic carbocycles.